The molecule has 16 nitrogen and oxygen atoms in total. The normalized spacial score (nSPS) is 11.3. The molecule has 73 heavy (non-hydrogen) atoms. The molecule has 8 rings (SSSR count). The van der Waals surface area contributed by atoms with Crippen molar-refractivity contribution in [1.29, 1.82) is 0 Å². The van der Waals surface area contributed by atoms with Gasteiger partial charge in [-0.05, 0) is 108 Å². The molecule has 0 spiro atoms. The molecule has 0 aliphatic carbocycles. The van der Waals surface area contributed by atoms with Crippen LogP contribution in [0.3, 0.4) is 0 Å². The van der Waals surface area contributed by atoms with E-state index in [1.165, 1.54) is 55.6 Å². The zero-order valence-electron chi connectivity index (χ0n) is 40.2. The van der Waals surface area contributed by atoms with Crippen molar-refractivity contribution in [2.75, 3.05) is 33.4 Å². The second-order valence-electron chi connectivity index (χ2n) is 15.0. The van der Waals surface area contributed by atoms with Crippen LogP contribution >= 0.6 is 47.3 Å². The van der Waals surface area contributed by atoms with Gasteiger partial charge in [0.25, 0.3) is 11.8 Å². The van der Waals surface area contributed by atoms with E-state index in [9.17, 15) is 35.2 Å². The number of amides is 2. The molecule has 5 N–H and O–H groups in total. The van der Waals surface area contributed by atoms with E-state index in [2.05, 4.69) is 77.5 Å². The Bertz CT molecular complexity index is 3330. The van der Waals surface area contributed by atoms with E-state index in [4.69, 9.17) is 11.2 Å². The summed E-state index contributed by atoms with van der Waals surface area (Å²) in [6.07, 6.45) is 3.19. The van der Waals surface area contributed by atoms with Crippen molar-refractivity contribution in [3.8, 4) is 11.4 Å². The van der Waals surface area contributed by atoms with Crippen LogP contribution < -0.4 is 20.1 Å². The fourth-order valence-electron chi connectivity index (χ4n) is 6.83. The highest BCUT2D eigenvalue weighted by Gasteiger charge is 2.18. The molecule has 24 heteroatoms. The zero-order valence-corrected chi connectivity index (χ0v) is 45.6. The highest BCUT2D eigenvalue weighted by Crippen LogP contribution is 2.24. The van der Waals surface area contributed by atoms with Crippen molar-refractivity contribution in [2.45, 2.75) is 36.7 Å². The third-order valence-electron chi connectivity index (χ3n) is 10.2. The van der Waals surface area contributed by atoms with Crippen LogP contribution in [0.1, 0.15) is 47.0 Å². The number of aliphatic hydroxyl groups excluding tert-OH is 1. The lowest BCUT2D eigenvalue weighted by molar-refractivity contribution is 0.0944. The quantitative estimate of drug-likeness (QED) is 0.0433. The van der Waals surface area contributed by atoms with E-state index < -0.39 is 20.0 Å². The van der Waals surface area contributed by atoms with Crippen LogP contribution in [-0.4, -0.2) is 89.9 Å². The molecule has 0 aliphatic heterocycles. The summed E-state index contributed by atoms with van der Waals surface area (Å²) in [5, 5.41) is 24.5. The molecule has 0 atom stereocenters. The molecule has 8 aromatic rings. The summed E-state index contributed by atoms with van der Waals surface area (Å²) in [6.45, 7) is 2.81. The number of methoxy groups -OCH3 is 1. The van der Waals surface area contributed by atoms with Crippen molar-refractivity contribution in [2.24, 2.45) is 0 Å². The first-order chi connectivity index (χ1) is 35.4. The SMILES string of the molecule is BrB(Br)Br.COCCNS(=O)(=O)c1ccc(CNC(=O)c2cccc3c2cnn3-c2ccc(F)cc2)cc1.O=C(NCc1ccc(S(=O)(=O)NCCO)cc1)c1cccc2c1cnn2-c1ccc(F)cc1.[2H]CC. The molecule has 0 saturated carbocycles. The van der Waals surface area contributed by atoms with Gasteiger partial charge in [-0.2, -0.15) is 10.2 Å². The van der Waals surface area contributed by atoms with Crippen LogP contribution in [-0.2, 0) is 37.9 Å². The summed E-state index contributed by atoms with van der Waals surface area (Å²) in [7, 11) is -5.81. The van der Waals surface area contributed by atoms with Crippen molar-refractivity contribution in [3.63, 3.8) is 0 Å². The first kappa shape index (κ1) is 56.6. The number of ether oxygens (including phenoxy) is 1. The summed E-state index contributed by atoms with van der Waals surface area (Å²) in [6, 6.07) is 34.8. The Morgan fingerprint density at radius 2 is 1.01 bits per heavy atom. The fraction of sp³-hybridized carbons (Fsp3) is 0.184. The van der Waals surface area contributed by atoms with Gasteiger partial charge in [0, 0.05) is 45.4 Å². The molecular formula is C49H50BBr3F2N8O8S2. The van der Waals surface area contributed by atoms with Crippen molar-refractivity contribution < 1.29 is 46.4 Å². The first-order valence-corrected chi connectivity index (χ1v) is 27.6. The maximum atomic E-state index is 13.3. The molecule has 0 radical (unpaired) electrons. The van der Waals surface area contributed by atoms with E-state index in [1.54, 1.807) is 101 Å². The predicted molar refractivity (Wildman–Crippen MR) is 291 cm³/mol. The van der Waals surface area contributed by atoms with Crippen LogP contribution in [0.5, 0.6) is 0 Å². The van der Waals surface area contributed by atoms with Gasteiger partial charge in [0.1, 0.15) is 11.6 Å². The number of hydrogen-bond donors (Lipinski definition) is 5. The fourth-order valence-corrected chi connectivity index (χ4v) is 8.86. The van der Waals surface area contributed by atoms with E-state index >= 15 is 0 Å². The number of fused-ring (bicyclic) bond motifs is 2. The number of rotatable bonds is 17. The number of benzene rings is 6. The number of halogens is 5. The zero-order chi connectivity index (χ0) is 53.8. The van der Waals surface area contributed by atoms with Gasteiger partial charge in [0.2, 0.25) is 20.0 Å². The van der Waals surface area contributed by atoms with Crippen molar-refractivity contribution in [1.82, 2.24) is 39.6 Å². The minimum Gasteiger partial charge on any atom is -0.395 e. The Morgan fingerprint density at radius 3 is 1.37 bits per heavy atom. The molecule has 0 fully saturated rings. The van der Waals surface area contributed by atoms with Gasteiger partial charge >= 0.3 is 3.18 Å². The van der Waals surface area contributed by atoms with E-state index in [1.807, 2.05) is 12.1 Å². The lowest BCUT2D eigenvalue weighted by Crippen LogP contribution is -2.27. The summed E-state index contributed by atoms with van der Waals surface area (Å²) < 4.78 is 94.5. The largest absolute Gasteiger partial charge is 0.395 e. The van der Waals surface area contributed by atoms with Gasteiger partial charge in [0.05, 0.1) is 68.9 Å². The van der Waals surface area contributed by atoms with E-state index in [-0.39, 0.29) is 75.8 Å². The van der Waals surface area contributed by atoms with E-state index in [0.717, 1.165) is 16.6 Å². The molecule has 2 aromatic heterocycles. The van der Waals surface area contributed by atoms with Gasteiger partial charge in [-0.15, -0.1) is 47.3 Å². The Morgan fingerprint density at radius 1 is 0.644 bits per heavy atom. The minimum atomic E-state index is -3.69. The average Bonchev–Trinajstić information content (AvgIpc) is 4.03. The molecule has 0 saturated heterocycles. The number of aliphatic hydroxyl groups is 1. The third-order valence-corrected chi connectivity index (χ3v) is 13.2. The summed E-state index contributed by atoms with van der Waals surface area (Å²) in [4.78, 5) is 25.9. The number of carbonyl (C=O) groups excluding carboxylic acids is 2. The van der Waals surface area contributed by atoms with Gasteiger partial charge in [-0.1, -0.05) is 50.2 Å². The Balaban J connectivity index is 0.000000244. The second kappa shape index (κ2) is 28.1. The van der Waals surface area contributed by atoms with Gasteiger partial charge in [-0.25, -0.2) is 44.4 Å². The lowest BCUT2D eigenvalue weighted by atomic mass is 10.1. The number of aromatic nitrogens is 4. The smallest absolute Gasteiger partial charge is 0.369 e. The number of carbonyl (C=O) groups is 2. The van der Waals surface area contributed by atoms with Crippen LogP contribution in [0.4, 0.5) is 8.78 Å². The molecule has 0 unspecified atom stereocenters. The van der Waals surface area contributed by atoms with Crippen LogP contribution in [0.25, 0.3) is 33.2 Å². The van der Waals surface area contributed by atoms with E-state index in [0.29, 0.717) is 45.7 Å². The molecule has 0 bridgehead atoms. The number of hydrogen-bond acceptors (Lipinski definition) is 10. The highest BCUT2D eigenvalue weighted by atomic mass is 79.9. The van der Waals surface area contributed by atoms with Gasteiger partial charge in [0.15, 0.2) is 0 Å². The molecule has 2 heterocycles. The average molecular weight is 1230 g/mol. The lowest BCUT2D eigenvalue weighted by Gasteiger charge is -2.09. The minimum absolute atomic E-state index is 0.0660. The van der Waals surface area contributed by atoms with Crippen LogP contribution in [0.2, 0.25) is 0 Å². The summed E-state index contributed by atoms with van der Waals surface area (Å²) >= 11 is 9.31. The maximum absolute atomic E-state index is 13.3. The number of nitrogens with zero attached hydrogens (tertiary/aromatic N) is 4. The van der Waals surface area contributed by atoms with Gasteiger partial charge < -0.3 is 20.5 Å². The van der Waals surface area contributed by atoms with Crippen LogP contribution in [0.15, 0.2) is 156 Å². The third kappa shape index (κ3) is 16.4. The highest BCUT2D eigenvalue weighted by molar-refractivity contribution is 9.69. The molecule has 384 valence electrons. The van der Waals surface area contributed by atoms with Crippen LogP contribution in [0, 0.1) is 11.6 Å². The topological polar surface area (TPSA) is 216 Å². The summed E-state index contributed by atoms with van der Waals surface area (Å²) in [5.41, 5.74) is 5.14. The molecule has 6 aromatic carbocycles. The second-order valence-corrected chi connectivity index (χ2v) is 24.9. The molecule has 2 amide bonds. The standard InChI is InChI=1S/C24H23FN4O4S.C23H21FN4O4S.C2H6.BBr3/c1-33-14-13-28-34(31,32)20-11-5-17(6-12-20)15-26-24(30)21-3-2-4-23-22(21)16-27-29(23)19-9-7-18(25)8-10-19;24-17-6-8-18(9-7-17)28-22-3-1-2-20(21(22)15-26-28)23(30)25-14-16-4-10-19(11-5-16)33(31,32)27-12-13-29;1-2;2-1(3)4/h2-12,16,28H,13-15H2,1H3,(H,26,30);1-11,15,27,29H,12-14H2,(H,25,30);1-2H3;/i;;1D;. The maximum Gasteiger partial charge on any atom is 0.369 e. The molecular weight excluding hydrogens is 1180 g/mol. The molecule has 0 aliphatic rings. The first-order valence-electron chi connectivity index (χ1n) is 22.6. The Kier molecular flexibility index (Phi) is 21.8. The Labute approximate surface area is 448 Å². The predicted octanol–water partition coefficient (Wildman–Crippen LogP) is 8.57. The van der Waals surface area contributed by atoms with Gasteiger partial charge in [-0.3, -0.25) is 9.59 Å². The number of sulfonamides is 2. The van der Waals surface area contributed by atoms with Crippen molar-refractivity contribution >= 4 is 104 Å². The van der Waals surface area contributed by atoms with Crippen molar-refractivity contribution in [3.05, 3.63) is 180 Å². The summed E-state index contributed by atoms with van der Waals surface area (Å²) in [5.74, 6) is -1.28. The number of nitrogens with one attached hydrogen (secondary N) is 4. The monoisotopic (exact) mass is 1230 g/mol. The Hall–Kier alpha value is -5.70.